The molecular formula is C19H21ClN2O3. The summed E-state index contributed by atoms with van der Waals surface area (Å²) in [7, 11) is 1.67. The van der Waals surface area contributed by atoms with Crippen molar-refractivity contribution in [1.29, 1.82) is 0 Å². The molecule has 0 saturated heterocycles. The quantitative estimate of drug-likeness (QED) is 0.826. The van der Waals surface area contributed by atoms with Crippen LogP contribution < -0.4 is 10.1 Å². The number of nitrogens with one attached hydrogen (secondary N) is 1. The van der Waals surface area contributed by atoms with Crippen LogP contribution in [0.2, 0.25) is 5.02 Å². The van der Waals surface area contributed by atoms with E-state index in [2.05, 4.69) is 5.32 Å². The van der Waals surface area contributed by atoms with Crippen molar-refractivity contribution < 1.29 is 14.3 Å². The molecule has 0 aliphatic rings. The Morgan fingerprint density at radius 2 is 1.80 bits per heavy atom. The molecule has 2 amide bonds. The van der Waals surface area contributed by atoms with Crippen LogP contribution in [0.5, 0.6) is 5.75 Å². The Bertz CT molecular complexity index is 732. The van der Waals surface area contributed by atoms with Crippen LogP contribution in [0, 0.1) is 6.92 Å². The maximum Gasteiger partial charge on any atom is 0.251 e. The van der Waals surface area contributed by atoms with Crippen LogP contribution in [-0.2, 0) is 4.79 Å². The van der Waals surface area contributed by atoms with Gasteiger partial charge in [0, 0.05) is 17.6 Å². The third kappa shape index (κ3) is 5.80. The van der Waals surface area contributed by atoms with Gasteiger partial charge in [0.05, 0.1) is 13.1 Å². The lowest BCUT2D eigenvalue weighted by Gasteiger charge is -2.18. The average Bonchev–Trinajstić information content (AvgIpc) is 2.61. The molecule has 0 aliphatic heterocycles. The molecule has 6 heteroatoms. The SMILES string of the molecule is Cc1ccccc1C(=O)NCC(=O)N(C)CCOc1ccc(Cl)cc1. The van der Waals surface area contributed by atoms with E-state index in [1.165, 1.54) is 4.90 Å². The van der Waals surface area contributed by atoms with Crippen molar-refractivity contribution in [3.63, 3.8) is 0 Å². The standard InChI is InChI=1S/C19H21ClN2O3/c1-14-5-3-4-6-17(14)19(24)21-13-18(23)22(2)11-12-25-16-9-7-15(20)8-10-16/h3-10H,11-13H2,1-2H3,(H,21,24). The van der Waals surface area contributed by atoms with Gasteiger partial charge in [0.1, 0.15) is 12.4 Å². The van der Waals surface area contributed by atoms with Gasteiger partial charge in [-0.25, -0.2) is 0 Å². The smallest absolute Gasteiger partial charge is 0.251 e. The molecule has 0 saturated carbocycles. The molecule has 0 atom stereocenters. The third-order valence-corrected chi connectivity index (χ3v) is 3.98. The van der Waals surface area contributed by atoms with E-state index in [9.17, 15) is 9.59 Å². The Morgan fingerprint density at radius 3 is 2.48 bits per heavy atom. The van der Waals surface area contributed by atoms with Gasteiger partial charge < -0.3 is 15.0 Å². The first-order valence-corrected chi connectivity index (χ1v) is 8.31. The minimum atomic E-state index is -0.253. The predicted octanol–water partition coefficient (Wildman–Crippen LogP) is 2.92. The number of ether oxygens (including phenoxy) is 1. The fourth-order valence-corrected chi connectivity index (χ4v) is 2.30. The number of rotatable bonds is 7. The lowest BCUT2D eigenvalue weighted by molar-refractivity contribution is -0.129. The maximum absolute atomic E-state index is 12.1. The van der Waals surface area contributed by atoms with E-state index in [1.807, 2.05) is 19.1 Å². The van der Waals surface area contributed by atoms with Gasteiger partial charge in [0.2, 0.25) is 5.91 Å². The fraction of sp³-hybridized carbons (Fsp3) is 0.263. The topological polar surface area (TPSA) is 58.6 Å². The van der Waals surface area contributed by atoms with Gasteiger partial charge in [0.25, 0.3) is 5.91 Å². The summed E-state index contributed by atoms with van der Waals surface area (Å²) in [5.41, 5.74) is 1.45. The van der Waals surface area contributed by atoms with Gasteiger partial charge >= 0.3 is 0 Å². The minimum Gasteiger partial charge on any atom is -0.492 e. The van der Waals surface area contributed by atoms with Gasteiger partial charge in [-0.3, -0.25) is 9.59 Å². The van der Waals surface area contributed by atoms with Crippen molar-refractivity contribution in [3.05, 3.63) is 64.7 Å². The zero-order valence-electron chi connectivity index (χ0n) is 14.3. The molecule has 0 radical (unpaired) electrons. The number of halogens is 1. The number of likely N-dealkylation sites (N-methyl/N-ethyl adjacent to an activating group) is 1. The first-order valence-electron chi connectivity index (χ1n) is 7.93. The number of benzene rings is 2. The molecule has 2 rings (SSSR count). The highest BCUT2D eigenvalue weighted by Crippen LogP contribution is 2.15. The molecular weight excluding hydrogens is 340 g/mol. The monoisotopic (exact) mass is 360 g/mol. The Kier molecular flexibility index (Phi) is 6.83. The lowest BCUT2D eigenvalue weighted by Crippen LogP contribution is -2.39. The molecule has 25 heavy (non-hydrogen) atoms. The number of carbonyl (C=O) groups is 2. The van der Waals surface area contributed by atoms with E-state index in [-0.39, 0.29) is 18.4 Å². The number of nitrogens with zero attached hydrogens (tertiary/aromatic N) is 1. The summed E-state index contributed by atoms with van der Waals surface area (Å²) in [5, 5.41) is 3.29. The summed E-state index contributed by atoms with van der Waals surface area (Å²) in [5.74, 6) is 0.261. The van der Waals surface area contributed by atoms with Crippen LogP contribution in [0.25, 0.3) is 0 Å². The number of hydrogen-bond donors (Lipinski definition) is 1. The highest BCUT2D eigenvalue weighted by atomic mass is 35.5. The van der Waals surface area contributed by atoms with Crippen LogP contribution in [0.4, 0.5) is 0 Å². The third-order valence-electron chi connectivity index (χ3n) is 3.72. The van der Waals surface area contributed by atoms with E-state index < -0.39 is 0 Å². The number of carbonyl (C=O) groups excluding carboxylic acids is 2. The number of hydrogen-bond acceptors (Lipinski definition) is 3. The maximum atomic E-state index is 12.1. The highest BCUT2D eigenvalue weighted by molar-refractivity contribution is 6.30. The Hall–Kier alpha value is -2.53. The zero-order chi connectivity index (χ0) is 18.2. The van der Waals surface area contributed by atoms with Crippen molar-refractivity contribution in [2.24, 2.45) is 0 Å². The van der Waals surface area contributed by atoms with Gasteiger partial charge in [-0.15, -0.1) is 0 Å². The molecule has 5 nitrogen and oxygen atoms in total. The molecule has 0 fully saturated rings. The number of amides is 2. The van der Waals surface area contributed by atoms with Crippen LogP contribution in [0.3, 0.4) is 0 Å². The van der Waals surface area contributed by atoms with Crippen molar-refractivity contribution in [1.82, 2.24) is 10.2 Å². The molecule has 0 aromatic heterocycles. The lowest BCUT2D eigenvalue weighted by atomic mass is 10.1. The molecule has 0 spiro atoms. The van der Waals surface area contributed by atoms with Crippen LogP contribution >= 0.6 is 11.6 Å². The van der Waals surface area contributed by atoms with Crippen LogP contribution in [-0.4, -0.2) is 43.5 Å². The molecule has 0 aliphatic carbocycles. The summed E-state index contributed by atoms with van der Waals surface area (Å²) in [6, 6.07) is 14.3. The summed E-state index contributed by atoms with van der Waals surface area (Å²) < 4.78 is 5.55. The first kappa shape index (κ1) is 18.8. The fourth-order valence-electron chi connectivity index (χ4n) is 2.17. The van der Waals surface area contributed by atoms with Crippen molar-refractivity contribution in [2.75, 3.05) is 26.7 Å². The molecule has 1 N–H and O–H groups in total. The van der Waals surface area contributed by atoms with Crippen molar-refractivity contribution in [2.45, 2.75) is 6.92 Å². The van der Waals surface area contributed by atoms with Gasteiger partial charge in [-0.2, -0.15) is 0 Å². The molecule has 0 unspecified atom stereocenters. The van der Waals surface area contributed by atoms with E-state index >= 15 is 0 Å². The summed E-state index contributed by atoms with van der Waals surface area (Å²) in [6.45, 7) is 2.58. The predicted molar refractivity (Wildman–Crippen MR) is 98.1 cm³/mol. The Morgan fingerprint density at radius 1 is 1.12 bits per heavy atom. The molecule has 0 bridgehead atoms. The van der Waals surface area contributed by atoms with E-state index in [1.54, 1.807) is 43.4 Å². The molecule has 2 aromatic carbocycles. The highest BCUT2D eigenvalue weighted by Gasteiger charge is 2.12. The second-order valence-electron chi connectivity index (χ2n) is 5.62. The second-order valence-corrected chi connectivity index (χ2v) is 6.05. The van der Waals surface area contributed by atoms with Gasteiger partial charge in [-0.1, -0.05) is 29.8 Å². The van der Waals surface area contributed by atoms with Crippen molar-refractivity contribution in [3.8, 4) is 5.75 Å². The Labute approximate surface area is 152 Å². The summed E-state index contributed by atoms with van der Waals surface area (Å²) in [4.78, 5) is 25.7. The average molecular weight is 361 g/mol. The van der Waals surface area contributed by atoms with Crippen LogP contribution in [0.15, 0.2) is 48.5 Å². The zero-order valence-corrected chi connectivity index (χ0v) is 15.0. The molecule has 132 valence electrons. The number of aryl methyl sites for hydroxylation is 1. The van der Waals surface area contributed by atoms with Gasteiger partial charge in [0.15, 0.2) is 0 Å². The van der Waals surface area contributed by atoms with Gasteiger partial charge in [-0.05, 0) is 42.8 Å². The van der Waals surface area contributed by atoms with E-state index in [4.69, 9.17) is 16.3 Å². The van der Waals surface area contributed by atoms with Crippen molar-refractivity contribution >= 4 is 23.4 Å². The second kappa shape index (κ2) is 9.08. The summed E-state index contributed by atoms with van der Waals surface area (Å²) in [6.07, 6.45) is 0. The van der Waals surface area contributed by atoms with E-state index in [0.29, 0.717) is 29.5 Å². The Balaban J connectivity index is 1.73. The normalized spacial score (nSPS) is 10.2. The first-order chi connectivity index (χ1) is 12.0. The molecule has 2 aromatic rings. The minimum absolute atomic E-state index is 0.0510. The van der Waals surface area contributed by atoms with E-state index in [0.717, 1.165) is 5.56 Å². The van der Waals surface area contributed by atoms with Crippen LogP contribution in [0.1, 0.15) is 15.9 Å². The summed E-state index contributed by atoms with van der Waals surface area (Å²) >= 11 is 5.81. The largest absolute Gasteiger partial charge is 0.492 e. The molecule has 0 heterocycles.